The number of rotatable bonds is 0. The van der Waals surface area contributed by atoms with Crippen molar-refractivity contribution >= 4 is 5.97 Å². The molecular weight excluding hydrogens is 288 g/mol. The third-order valence-corrected chi connectivity index (χ3v) is 7.12. The summed E-state index contributed by atoms with van der Waals surface area (Å²) >= 11 is 0. The van der Waals surface area contributed by atoms with Crippen LogP contribution in [0.5, 0.6) is 0 Å². The molecule has 0 aromatic carbocycles. The fourth-order valence-corrected chi connectivity index (χ4v) is 5.62. The van der Waals surface area contributed by atoms with Gasteiger partial charge in [0.25, 0.3) is 0 Å². The molecule has 0 aromatic heterocycles. The predicted molar refractivity (Wildman–Crippen MR) is 88.9 cm³/mol. The SMILES string of the molecule is CC1=C2C[C@@H]3[C@@](C)(CC/C=C(\C)C[C@H]2OC1=O)[C@H]1CC[C@]3(C)O1. The highest BCUT2D eigenvalue weighted by Crippen LogP contribution is 2.62. The van der Waals surface area contributed by atoms with Gasteiger partial charge in [0, 0.05) is 12.0 Å². The van der Waals surface area contributed by atoms with Crippen molar-refractivity contribution < 1.29 is 14.3 Å². The molecule has 5 atom stereocenters. The third kappa shape index (κ3) is 2.15. The van der Waals surface area contributed by atoms with Crippen molar-refractivity contribution in [1.29, 1.82) is 0 Å². The van der Waals surface area contributed by atoms with Gasteiger partial charge in [-0.05, 0) is 69.8 Å². The Morgan fingerprint density at radius 1 is 1.17 bits per heavy atom. The van der Waals surface area contributed by atoms with Gasteiger partial charge in [-0.2, -0.15) is 0 Å². The molecular formula is C20H28O3. The number of allylic oxidation sites excluding steroid dienone is 1. The highest BCUT2D eigenvalue weighted by Gasteiger charge is 2.62. The van der Waals surface area contributed by atoms with Crippen LogP contribution in [0.4, 0.5) is 0 Å². The van der Waals surface area contributed by atoms with Crippen LogP contribution in [0.2, 0.25) is 0 Å². The van der Waals surface area contributed by atoms with Crippen LogP contribution in [-0.4, -0.2) is 23.8 Å². The van der Waals surface area contributed by atoms with E-state index < -0.39 is 0 Å². The van der Waals surface area contributed by atoms with Crippen LogP contribution in [0, 0.1) is 11.3 Å². The van der Waals surface area contributed by atoms with Crippen molar-refractivity contribution in [2.75, 3.05) is 0 Å². The van der Waals surface area contributed by atoms with Gasteiger partial charge < -0.3 is 9.47 Å². The molecule has 1 aliphatic carbocycles. The normalized spacial score (nSPS) is 48.6. The van der Waals surface area contributed by atoms with Gasteiger partial charge in [0.1, 0.15) is 6.10 Å². The Morgan fingerprint density at radius 3 is 2.74 bits per heavy atom. The van der Waals surface area contributed by atoms with Gasteiger partial charge in [0.15, 0.2) is 0 Å². The zero-order valence-electron chi connectivity index (χ0n) is 14.8. The third-order valence-electron chi connectivity index (χ3n) is 7.12. The molecule has 2 bridgehead atoms. The minimum absolute atomic E-state index is 0.0269. The van der Waals surface area contributed by atoms with Crippen molar-refractivity contribution in [2.45, 2.75) is 84.0 Å². The van der Waals surface area contributed by atoms with Gasteiger partial charge in [0.05, 0.1) is 11.7 Å². The van der Waals surface area contributed by atoms with E-state index in [9.17, 15) is 4.79 Å². The van der Waals surface area contributed by atoms with E-state index in [2.05, 4.69) is 26.8 Å². The molecule has 126 valence electrons. The zero-order chi connectivity index (χ0) is 16.4. The summed E-state index contributed by atoms with van der Waals surface area (Å²) in [6, 6.07) is 0. The number of esters is 1. The Labute approximate surface area is 139 Å². The first-order chi connectivity index (χ1) is 10.8. The summed E-state index contributed by atoms with van der Waals surface area (Å²) < 4.78 is 12.2. The quantitative estimate of drug-likeness (QED) is 0.493. The lowest BCUT2D eigenvalue weighted by Crippen LogP contribution is -2.43. The number of carbonyl (C=O) groups excluding carboxylic acids is 1. The second-order valence-corrected chi connectivity index (χ2v) is 8.56. The molecule has 3 heterocycles. The smallest absolute Gasteiger partial charge is 0.334 e. The van der Waals surface area contributed by atoms with Gasteiger partial charge in [-0.25, -0.2) is 4.79 Å². The molecule has 3 nitrogen and oxygen atoms in total. The standard InChI is InChI=1S/C20H28O3/c1-12-6-5-8-19(3)16(20(4)9-7-17(19)23-20)11-14-13(2)18(21)22-15(14)10-12/h6,15-17H,5,7-11H2,1-4H3/b12-6+/t15-,16-,17-,19-,20+/m1/s1. The van der Waals surface area contributed by atoms with Crippen molar-refractivity contribution in [3.8, 4) is 0 Å². The Kier molecular flexibility index (Phi) is 3.32. The van der Waals surface area contributed by atoms with Gasteiger partial charge in [-0.3, -0.25) is 0 Å². The topological polar surface area (TPSA) is 35.5 Å². The van der Waals surface area contributed by atoms with Crippen molar-refractivity contribution in [3.63, 3.8) is 0 Å². The summed E-state index contributed by atoms with van der Waals surface area (Å²) in [5.74, 6) is 0.371. The summed E-state index contributed by atoms with van der Waals surface area (Å²) in [6.45, 7) is 8.81. The maximum absolute atomic E-state index is 12.1. The molecule has 0 unspecified atom stereocenters. The Balaban J connectivity index is 1.77. The van der Waals surface area contributed by atoms with E-state index in [-0.39, 0.29) is 23.1 Å². The molecule has 0 amide bonds. The lowest BCUT2D eigenvalue weighted by Gasteiger charge is -2.43. The van der Waals surface area contributed by atoms with Crippen LogP contribution in [-0.2, 0) is 14.3 Å². The van der Waals surface area contributed by atoms with Gasteiger partial charge in [-0.15, -0.1) is 0 Å². The Bertz CT molecular complexity index is 616. The molecule has 0 saturated carbocycles. The first-order valence-electron chi connectivity index (χ1n) is 9.07. The average molecular weight is 316 g/mol. The second-order valence-electron chi connectivity index (χ2n) is 8.56. The van der Waals surface area contributed by atoms with Crippen molar-refractivity contribution in [3.05, 3.63) is 22.8 Å². The van der Waals surface area contributed by atoms with Crippen LogP contribution in [0.15, 0.2) is 22.8 Å². The monoisotopic (exact) mass is 316 g/mol. The van der Waals surface area contributed by atoms with Gasteiger partial charge in [0.2, 0.25) is 0 Å². The zero-order valence-corrected chi connectivity index (χ0v) is 14.8. The molecule has 3 aliphatic heterocycles. The summed E-state index contributed by atoms with van der Waals surface area (Å²) in [5.41, 5.74) is 3.61. The minimum Gasteiger partial charge on any atom is -0.454 e. The van der Waals surface area contributed by atoms with Crippen LogP contribution < -0.4 is 0 Å². The van der Waals surface area contributed by atoms with E-state index in [1.54, 1.807) is 0 Å². The van der Waals surface area contributed by atoms with E-state index in [0.717, 1.165) is 31.3 Å². The van der Waals surface area contributed by atoms with Gasteiger partial charge in [-0.1, -0.05) is 18.6 Å². The van der Waals surface area contributed by atoms with E-state index in [4.69, 9.17) is 9.47 Å². The highest BCUT2D eigenvalue weighted by atomic mass is 16.5. The molecule has 4 aliphatic rings. The number of fused-ring (bicyclic) bond motifs is 6. The first-order valence-corrected chi connectivity index (χ1v) is 9.07. The number of hydrogen-bond acceptors (Lipinski definition) is 3. The molecule has 0 N–H and O–H groups in total. The largest absolute Gasteiger partial charge is 0.454 e. The molecule has 0 radical (unpaired) electrons. The Morgan fingerprint density at radius 2 is 1.96 bits per heavy atom. The van der Waals surface area contributed by atoms with Crippen LogP contribution in [0.1, 0.15) is 66.2 Å². The van der Waals surface area contributed by atoms with E-state index in [1.807, 2.05) is 6.92 Å². The summed E-state index contributed by atoms with van der Waals surface area (Å²) in [7, 11) is 0. The highest BCUT2D eigenvalue weighted by molar-refractivity contribution is 5.91. The second kappa shape index (κ2) is 4.95. The fraction of sp³-hybridized carbons (Fsp3) is 0.750. The lowest BCUT2D eigenvalue weighted by molar-refractivity contribution is -0.139. The van der Waals surface area contributed by atoms with Crippen LogP contribution in [0.25, 0.3) is 0 Å². The van der Waals surface area contributed by atoms with Crippen molar-refractivity contribution in [1.82, 2.24) is 0 Å². The first kappa shape index (κ1) is 15.4. The summed E-state index contributed by atoms with van der Waals surface area (Å²) in [6.07, 6.45) is 9.10. The molecule has 3 heteroatoms. The molecule has 0 spiro atoms. The maximum atomic E-state index is 12.1. The predicted octanol–water partition coefficient (Wildman–Crippen LogP) is 4.32. The number of carbonyl (C=O) groups is 1. The van der Waals surface area contributed by atoms with Crippen molar-refractivity contribution in [2.24, 2.45) is 11.3 Å². The molecule has 2 saturated heterocycles. The minimum atomic E-state index is -0.118. The lowest BCUT2D eigenvalue weighted by atomic mass is 9.59. The fourth-order valence-electron chi connectivity index (χ4n) is 5.62. The molecule has 2 fully saturated rings. The maximum Gasteiger partial charge on any atom is 0.334 e. The number of hydrogen-bond donors (Lipinski definition) is 0. The van der Waals surface area contributed by atoms with Crippen LogP contribution in [0.3, 0.4) is 0 Å². The van der Waals surface area contributed by atoms with E-state index in [0.29, 0.717) is 12.0 Å². The molecule has 4 rings (SSSR count). The summed E-state index contributed by atoms with van der Waals surface area (Å²) in [4.78, 5) is 12.1. The molecule has 0 aromatic rings. The molecule has 23 heavy (non-hydrogen) atoms. The van der Waals surface area contributed by atoms with E-state index >= 15 is 0 Å². The van der Waals surface area contributed by atoms with Gasteiger partial charge >= 0.3 is 5.97 Å². The van der Waals surface area contributed by atoms with Crippen LogP contribution >= 0.6 is 0 Å². The van der Waals surface area contributed by atoms with E-state index in [1.165, 1.54) is 24.0 Å². The summed E-state index contributed by atoms with van der Waals surface area (Å²) in [5, 5.41) is 0. The Hall–Kier alpha value is -1.09. The number of ether oxygens (including phenoxy) is 2. The average Bonchev–Trinajstić information content (AvgIpc) is 3.05.